The molecule has 1 amide bonds. The molecule has 1 aliphatic rings. The zero-order valence-electron chi connectivity index (χ0n) is 10.9. The van der Waals surface area contributed by atoms with Crippen molar-refractivity contribution < 1.29 is 9.90 Å². The molecule has 2 rings (SSSR count). The van der Waals surface area contributed by atoms with Crippen LogP contribution in [0.1, 0.15) is 25.8 Å². The molecule has 98 valence electrons. The normalized spacial score (nSPS) is 22.6. The molecule has 1 aliphatic heterocycles. The summed E-state index contributed by atoms with van der Waals surface area (Å²) in [4.78, 5) is 14.0. The van der Waals surface area contributed by atoms with Gasteiger partial charge in [-0.15, -0.1) is 0 Å². The molecule has 0 radical (unpaired) electrons. The fourth-order valence-electron chi connectivity index (χ4n) is 2.61. The van der Waals surface area contributed by atoms with Crippen LogP contribution in [0.2, 0.25) is 5.02 Å². The maximum Gasteiger partial charge on any atom is 0.227 e. The molecule has 0 saturated carbocycles. The lowest BCUT2D eigenvalue weighted by Gasteiger charge is -2.36. The maximum atomic E-state index is 12.2. The summed E-state index contributed by atoms with van der Waals surface area (Å²) in [6.07, 6.45) is 0.384. The predicted molar refractivity (Wildman–Crippen MR) is 72.9 cm³/mol. The van der Waals surface area contributed by atoms with E-state index in [4.69, 9.17) is 11.6 Å². The van der Waals surface area contributed by atoms with Gasteiger partial charge in [-0.1, -0.05) is 17.7 Å². The van der Waals surface area contributed by atoms with Gasteiger partial charge in [0, 0.05) is 35.2 Å². The van der Waals surface area contributed by atoms with Crippen molar-refractivity contribution in [3.8, 4) is 0 Å². The van der Waals surface area contributed by atoms with E-state index in [9.17, 15) is 9.90 Å². The van der Waals surface area contributed by atoms with Gasteiger partial charge in [-0.25, -0.2) is 0 Å². The summed E-state index contributed by atoms with van der Waals surface area (Å²) in [5.74, 6) is 0.00722. The molecule has 0 aromatic heterocycles. The highest BCUT2D eigenvalue weighted by Gasteiger charge is 2.46. The summed E-state index contributed by atoms with van der Waals surface area (Å²) < 4.78 is 0. The number of hydrogen-bond acceptors (Lipinski definition) is 2. The Morgan fingerprint density at radius 1 is 1.50 bits per heavy atom. The van der Waals surface area contributed by atoms with Crippen molar-refractivity contribution in [3.05, 3.63) is 28.8 Å². The zero-order valence-corrected chi connectivity index (χ0v) is 11.7. The molecular weight excluding hydrogens is 250 g/mol. The first kappa shape index (κ1) is 13.4. The Balaban J connectivity index is 2.49. The molecule has 1 unspecified atom stereocenters. The number of carbonyl (C=O) groups is 1. The Labute approximate surface area is 112 Å². The van der Waals surface area contributed by atoms with E-state index in [0.717, 1.165) is 11.3 Å². The van der Waals surface area contributed by atoms with Gasteiger partial charge in [0.15, 0.2) is 0 Å². The molecule has 1 heterocycles. The molecule has 1 saturated heterocycles. The van der Waals surface area contributed by atoms with Gasteiger partial charge in [0.05, 0.1) is 0 Å². The van der Waals surface area contributed by atoms with Crippen molar-refractivity contribution in [1.82, 2.24) is 0 Å². The van der Waals surface area contributed by atoms with E-state index >= 15 is 0 Å². The molecule has 0 bridgehead atoms. The van der Waals surface area contributed by atoms with Crippen molar-refractivity contribution in [3.63, 3.8) is 0 Å². The third kappa shape index (κ3) is 2.02. The second kappa shape index (κ2) is 4.56. The fraction of sp³-hybridized carbons (Fsp3) is 0.500. The van der Waals surface area contributed by atoms with Crippen molar-refractivity contribution in [1.29, 1.82) is 0 Å². The van der Waals surface area contributed by atoms with Gasteiger partial charge < -0.3 is 10.0 Å². The summed E-state index contributed by atoms with van der Waals surface area (Å²) in [5.41, 5.74) is 1.47. The number of amides is 1. The third-order valence-electron chi connectivity index (χ3n) is 3.88. The van der Waals surface area contributed by atoms with Crippen molar-refractivity contribution in [2.45, 2.75) is 32.7 Å². The second-order valence-electron chi connectivity index (χ2n) is 5.40. The molecule has 1 atom stereocenters. The molecule has 0 aliphatic carbocycles. The van der Waals surface area contributed by atoms with Crippen LogP contribution in [0.5, 0.6) is 0 Å². The molecule has 0 spiro atoms. The molecular formula is C14H18ClNO2. The lowest BCUT2D eigenvalue weighted by Crippen LogP contribution is -2.45. The maximum absolute atomic E-state index is 12.2. The van der Waals surface area contributed by atoms with Crippen molar-refractivity contribution in [2.24, 2.45) is 5.92 Å². The molecule has 3 nitrogen and oxygen atoms in total. The Kier molecular flexibility index (Phi) is 3.39. The van der Waals surface area contributed by atoms with Gasteiger partial charge in [-0.05, 0) is 38.5 Å². The average molecular weight is 268 g/mol. The summed E-state index contributed by atoms with van der Waals surface area (Å²) in [6, 6.07) is 5.54. The number of benzene rings is 1. The minimum atomic E-state index is -0.388. The first-order valence-electron chi connectivity index (χ1n) is 6.08. The van der Waals surface area contributed by atoms with Gasteiger partial charge in [-0.3, -0.25) is 4.79 Å². The third-order valence-corrected chi connectivity index (χ3v) is 4.11. The Morgan fingerprint density at radius 3 is 2.72 bits per heavy atom. The van der Waals surface area contributed by atoms with Gasteiger partial charge in [0.2, 0.25) is 5.91 Å². The molecule has 1 N–H and O–H groups in total. The molecule has 1 fully saturated rings. The highest BCUT2D eigenvalue weighted by atomic mass is 35.5. The van der Waals surface area contributed by atoms with Crippen LogP contribution in [0.3, 0.4) is 0 Å². The number of halogens is 1. The van der Waals surface area contributed by atoms with Gasteiger partial charge in [0.25, 0.3) is 0 Å². The van der Waals surface area contributed by atoms with Crippen LogP contribution < -0.4 is 4.90 Å². The average Bonchev–Trinajstić information content (AvgIpc) is 2.52. The SMILES string of the molecule is Cc1ccc(Cl)cc1N1C(=O)CC(CO)C1(C)C. The zero-order chi connectivity index (χ0) is 13.5. The van der Waals surface area contributed by atoms with Crippen LogP contribution in [0.15, 0.2) is 18.2 Å². The van der Waals surface area contributed by atoms with Gasteiger partial charge >= 0.3 is 0 Å². The Morgan fingerprint density at radius 2 is 2.17 bits per heavy atom. The first-order valence-corrected chi connectivity index (χ1v) is 6.45. The molecule has 18 heavy (non-hydrogen) atoms. The number of aliphatic hydroxyl groups excluding tert-OH is 1. The first-order chi connectivity index (χ1) is 8.37. The summed E-state index contributed by atoms with van der Waals surface area (Å²) >= 11 is 6.02. The lowest BCUT2D eigenvalue weighted by atomic mass is 9.89. The van der Waals surface area contributed by atoms with Crippen LogP contribution in [-0.2, 0) is 4.79 Å². The predicted octanol–water partition coefficient (Wildman–Crippen LogP) is 2.77. The highest BCUT2D eigenvalue weighted by molar-refractivity contribution is 6.31. The van der Waals surface area contributed by atoms with Crippen LogP contribution in [0.4, 0.5) is 5.69 Å². The fourth-order valence-corrected chi connectivity index (χ4v) is 2.78. The topological polar surface area (TPSA) is 40.5 Å². The van der Waals surface area contributed by atoms with Crippen LogP contribution in [0, 0.1) is 12.8 Å². The molecule has 1 aromatic rings. The standard InChI is InChI=1S/C14H18ClNO2/c1-9-4-5-11(15)7-12(9)16-13(18)6-10(8-17)14(16,2)3/h4-5,7,10,17H,6,8H2,1-3H3. The minimum Gasteiger partial charge on any atom is -0.396 e. The number of carbonyl (C=O) groups excluding carboxylic acids is 1. The number of rotatable bonds is 2. The summed E-state index contributed by atoms with van der Waals surface area (Å²) in [7, 11) is 0. The quantitative estimate of drug-likeness (QED) is 0.895. The number of hydrogen-bond donors (Lipinski definition) is 1. The van der Waals surface area contributed by atoms with Crippen LogP contribution >= 0.6 is 11.6 Å². The number of nitrogens with zero attached hydrogens (tertiary/aromatic N) is 1. The van der Waals surface area contributed by atoms with E-state index in [1.165, 1.54) is 0 Å². The largest absolute Gasteiger partial charge is 0.396 e. The molecule has 4 heteroatoms. The van der Waals surface area contributed by atoms with E-state index in [2.05, 4.69) is 0 Å². The van der Waals surface area contributed by atoms with E-state index in [1.807, 2.05) is 39.0 Å². The molecule has 1 aromatic carbocycles. The smallest absolute Gasteiger partial charge is 0.227 e. The van der Waals surface area contributed by atoms with Gasteiger partial charge in [0.1, 0.15) is 0 Å². The Bertz CT molecular complexity index is 485. The van der Waals surface area contributed by atoms with E-state index in [0.29, 0.717) is 11.4 Å². The van der Waals surface area contributed by atoms with Gasteiger partial charge in [-0.2, -0.15) is 0 Å². The van der Waals surface area contributed by atoms with Crippen molar-refractivity contribution >= 4 is 23.2 Å². The second-order valence-corrected chi connectivity index (χ2v) is 5.83. The van der Waals surface area contributed by atoms with E-state index in [1.54, 1.807) is 4.90 Å². The monoisotopic (exact) mass is 267 g/mol. The summed E-state index contributed by atoms with van der Waals surface area (Å²) in [5, 5.41) is 10.0. The highest BCUT2D eigenvalue weighted by Crippen LogP contribution is 2.40. The number of aryl methyl sites for hydroxylation is 1. The summed E-state index contributed by atoms with van der Waals surface area (Å²) in [6.45, 7) is 5.95. The van der Waals surface area contributed by atoms with Crippen LogP contribution in [-0.4, -0.2) is 23.2 Å². The van der Waals surface area contributed by atoms with Crippen molar-refractivity contribution in [2.75, 3.05) is 11.5 Å². The van der Waals surface area contributed by atoms with E-state index in [-0.39, 0.29) is 24.0 Å². The number of aliphatic hydroxyl groups is 1. The van der Waals surface area contributed by atoms with Crippen LogP contribution in [0.25, 0.3) is 0 Å². The lowest BCUT2D eigenvalue weighted by molar-refractivity contribution is -0.117. The minimum absolute atomic E-state index is 0.0227. The van der Waals surface area contributed by atoms with E-state index < -0.39 is 0 Å². The number of anilines is 1. The Hall–Kier alpha value is -1.06.